The van der Waals surface area contributed by atoms with Gasteiger partial charge in [0.05, 0.1) is 25.9 Å². The van der Waals surface area contributed by atoms with Crippen molar-refractivity contribution in [2.24, 2.45) is 0 Å². The Kier molecular flexibility index (Phi) is 6.39. The predicted molar refractivity (Wildman–Crippen MR) is 107 cm³/mol. The van der Waals surface area contributed by atoms with Crippen molar-refractivity contribution >= 4 is 11.6 Å². The highest BCUT2D eigenvalue weighted by Gasteiger charge is 2.16. The first-order valence-electron chi connectivity index (χ1n) is 9.14. The maximum Gasteiger partial charge on any atom is 0.241 e. The highest BCUT2D eigenvalue weighted by atomic mass is 16.5. The van der Waals surface area contributed by atoms with E-state index in [2.05, 4.69) is 15.5 Å². The van der Waals surface area contributed by atoms with Gasteiger partial charge in [-0.05, 0) is 25.6 Å². The maximum absolute atomic E-state index is 12.4. The number of anilines is 1. The number of hydrogen-bond acceptors (Lipinski definition) is 6. The lowest BCUT2D eigenvalue weighted by atomic mass is 10.1. The molecular weight excluding hydrogens is 356 g/mol. The van der Waals surface area contributed by atoms with Gasteiger partial charge in [-0.15, -0.1) is 0 Å². The van der Waals surface area contributed by atoms with Crippen LogP contribution in [-0.4, -0.2) is 41.1 Å². The lowest BCUT2D eigenvalue weighted by Gasteiger charge is -2.18. The number of para-hydroxylation sites is 2. The van der Waals surface area contributed by atoms with Crippen molar-refractivity contribution < 1.29 is 14.1 Å². The van der Waals surface area contributed by atoms with Gasteiger partial charge in [-0.3, -0.25) is 9.69 Å². The Morgan fingerprint density at radius 2 is 1.93 bits per heavy atom. The van der Waals surface area contributed by atoms with E-state index in [0.29, 0.717) is 36.2 Å². The molecule has 3 aromatic rings. The van der Waals surface area contributed by atoms with Crippen molar-refractivity contribution in [2.45, 2.75) is 20.4 Å². The number of aromatic nitrogens is 2. The third-order valence-electron chi connectivity index (χ3n) is 4.33. The van der Waals surface area contributed by atoms with Crippen molar-refractivity contribution in [3.63, 3.8) is 0 Å². The topological polar surface area (TPSA) is 80.5 Å². The molecule has 0 fully saturated rings. The third-order valence-corrected chi connectivity index (χ3v) is 4.33. The molecule has 2 aromatic carbocycles. The summed E-state index contributed by atoms with van der Waals surface area (Å²) in [6.07, 6.45) is 0. The van der Waals surface area contributed by atoms with Crippen LogP contribution in [0.3, 0.4) is 0 Å². The van der Waals surface area contributed by atoms with E-state index in [-0.39, 0.29) is 12.5 Å². The Morgan fingerprint density at radius 3 is 2.64 bits per heavy atom. The molecule has 0 unspecified atom stereocenters. The number of ether oxygens (including phenoxy) is 1. The number of aryl methyl sites for hydroxylation is 1. The van der Waals surface area contributed by atoms with E-state index in [1.165, 1.54) is 5.56 Å². The summed E-state index contributed by atoms with van der Waals surface area (Å²) in [7, 11) is 1.57. The van der Waals surface area contributed by atoms with E-state index < -0.39 is 0 Å². The summed E-state index contributed by atoms with van der Waals surface area (Å²) in [6.45, 7) is 5.28. The van der Waals surface area contributed by atoms with Crippen LogP contribution in [0.4, 0.5) is 5.69 Å². The zero-order valence-electron chi connectivity index (χ0n) is 16.3. The van der Waals surface area contributed by atoms with Gasteiger partial charge in [0.1, 0.15) is 5.75 Å². The van der Waals surface area contributed by atoms with Crippen molar-refractivity contribution in [2.75, 3.05) is 25.5 Å². The van der Waals surface area contributed by atoms with E-state index in [1.807, 2.05) is 55.1 Å². The van der Waals surface area contributed by atoms with Crippen LogP contribution in [0.15, 0.2) is 53.1 Å². The second-order valence-electron chi connectivity index (χ2n) is 6.43. The molecule has 0 aliphatic heterocycles. The zero-order valence-corrected chi connectivity index (χ0v) is 16.3. The Labute approximate surface area is 164 Å². The van der Waals surface area contributed by atoms with Crippen LogP contribution in [0, 0.1) is 6.92 Å². The van der Waals surface area contributed by atoms with Crippen LogP contribution in [-0.2, 0) is 11.3 Å². The molecule has 0 bridgehead atoms. The van der Waals surface area contributed by atoms with Crippen LogP contribution < -0.4 is 10.1 Å². The Balaban J connectivity index is 1.61. The molecule has 0 aliphatic carbocycles. The van der Waals surface area contributed by atoms with Gasteiger partial charge in [0.2, 0.25) is 17.6 Å². The van der Waals surface area contributed by atoms with E-state index >= 15 is 0 Å². The number of nitrogens with one attached hydrogen (secondary N) is 1. The molecule has 7 heteroatoms. The Hall–Kier alpha value is -3.19. The minimum absolute atomic E-state index is 0.135. The first-order valence-corrected chi connectivity index (χ1v) is 9.14. The number of nitrogens with zero attached hydrogens (tertiary/aromatic N) is 3. The second-order valence-corrected chi connectivity index (χ2v) is 6.43. The molecule has 0 saturated carbocycles. The molecule has 1 aromatic heterocycles. The number of carbonyl (C=O) groups excluding carboxylic acids is 1. The molecule has 1 N–H and O–H groups in total. The van der Waals surface area contributed by atoms with Crippen molar-refractivity contribution in [3.05, 3.63) is 60.0 Å². The summed E-state index contributed by atoms with van der Waals surface area (Å²) in [6, 6.07) is 15.2. The summed E-state index contributed by atoms with van der Waals surface area (Å²) < 4.78 is 10.6. The summed E-state index contributed by atoms with van der Waals surface area (Å²) >= 11 is 0. The van der Waals surface area contributed by atoms with Crippen molar-refractivity contribution in [1.82, 2.24) is 15.0 Å². The predicted octanol–water partition coefficient (Wildman–Crippen LogP) is 3.51. The molecule has 0 spiro atoms. The summed E-state index contributed by atoms with van der Waals surface area (Å²) in [5, 5.41) is 6.92. The molecule has 0 radical (unpaired) electrons. The number of hydrogen-bond donors (Lipinski definition) is 1. The highest BCUT2D eigenvalue weighted by Crippen LogP contribution is 2.23. The number of rotatable bonds is 8. The summed E-state index contributed by atoms with van der Waals surface area (Å²) in [5.41, 5.74) is 2.72. The van der Waals surface area contributed by atoms with Crippen LogP contribution in [0.5, 0.6) is 5.75 Å². The fraction of sp³-hybridized carbons (Fsp3) is 0.286. The first kappa shape index (κ1) is 19.6. The Morgan fingerprint density at radius 1 is 1.18 bits per heavy atom. The lowest BCUT2D eigenvalue weighted by Crippen LogP contribution is -2.33. The SMILES string of the molecule is CCN(CC(=O)Nc1ccccc1OC)Cc1nc(-c2ccc(C)cc2)no1. The normalized spacial score (nSPS) is 10.9. The number of methoxy groups -OCH3 is 1. The van der Waals surface area contributed by atoms with E-state index in [4.69, 9.17) is 9.26 Å². The largest absolute Gasteiger partial charge is 0.495 e. The lowest BCUT2D eigenvalue weighted by molar-refractivity contribution is -0.117. The number of likely N-dealkylation sites (N-methyl/N-ethyl adjacent to an activating group) is 1. The molecule has 1 amide bonds. The smallest absolute Gasteiger partial charge is 0.241 e. The monoisotopic (exact) mass is 380 g/mol. The summed E-state index contributed by atoms with van der Waals surface area (Å²) in [5.74, 6) is 1.51. The standard InChI is InChI=1S/C21H24N4O3/c1-4-25(13-19(26)22-17-7-5-6-8-18(17)27-3)14-20-23-21(24-28-20)16-11-9-15(2)10-12-16/h5-12H,4,13-14H2,1-3H3,(H,22,26). The fourth-order valence-electron chi connectivity index (χ4n) is 2.75. The summed E-state index contributed by atoms with van der Waals surface area (Å²) in [4.78, 5) is 18.8. The maximum atomic E-state index is 12.4. The van der Waals surface area contributed by atoms with E-state index in [0.717, 1.165) is 5.56 Å². The average molecular weight is 380 g/mol. The van der Waals surface area contributed by atoms with Crippen LogP contribution >= 0.6 is 0 Å². The molecule has 0 saturated heterocycles. The van der Waals surface area contributed by atoms with Gasteiger partial charge in [-0.1, -0.05) is 54.0 Å². The van der Waals surface area contributed by atoms with Crippen LogP contribution in [0.25, 0.3) is 11.4 Å². The van der Waals surface area contributed by atoms with Crippen LogP contribution in [0.1, 0.15) is 18.4 Å². The molecule has 28 heavy (non-hydrogen) atoms. The number of carbonyl (C=O) groups is 1. The molecule has 146 valence electrons. The molecule has 0 atom stereocenters. The fourth-order valence-corrected chi connectivity index (χ4v) is 2.75. The zero-order chi connectivity index (χ0) is 19.9. The molecule has 0 aliphatic rings. The average Bonchev–Trinajstić information content (AvgIpc) is 3.17. The van der Waals surface area contributed by atoms with Gasteiger partial charge in [0, 0.05) is 5.56 Å². The molecule has 1 heterocycles. The minimum atomic E-state index is -0.135. The third kappa shape index (κ3) is 4.95. The highest BCUT2D eigenvalue weighted by molar-refractivity contribution is 5.93. The van der Waals surface area contributed by atoms with Crippen molar-refractivity contribution in [3.8, 4) is 17.1 Å². The minimum Gasteiger partial charge on any atom is -0.495 e. The molecule has 7 nitrogen and oxygen atoms in total. The molecular formula is C21H24N4O3. The van der Waals surface area contributed by atoms with E-state index in [1.54, 1.807) is 19.2 Å². The van der Waals surface area contributed by atoms with Crippen molar-refractivity contribution in [1.29, 1.82) is 0 Å². The van der Waals surface area contributed by atoms with Gasteiger partial charge >= 0.3 is 0 Å². The van der Waals surface area contributed by atoms with Gasteiger partial charge < -0.3 is 14.6 Å². The quantitative estimate of drug-likeness (QED) is 0.644. The second kappa shape index (κ2) is 9.14. The number of amides is 1. The van der Waals surface area contributed by atoms with Crippen LogP contribution in [0.2, 0.25) is 0 Å². The molecule has 3 rings (SSSR count). The van der Waals surface area contributed by atoms with E-state index in [9.17, 15) is 4.79 Å². The van der Waals surface area contributed by atoms with Gasteiger partial charge in [-0.2, -0.15) is 4.98 Å². The van der Waals surface area contributed by atoms with Gasteiger partial charge in [0.15, 0.2) is 0 Å². The first-order chi connectivity index (χ1) is 13.6. The Bertz CT molecular complexity index is 921. The van der Waals surface area contributed by atoms with Gasteiger partial charge in [-0.25, -0.2) is 0 Å². The van der Waals surface area contributed by atoms with Gasteiger partial charge in [0.25, 0.3) is 0 Å². The number of benzene rings is 2.